The van der Waals surface area contributed by atoms with Gasteiger partial charge in [-0.05, 0) is 25.8 Å². The molecule has 0 aliphatic carbocycles. The Morgan fingerprint density at radius 1 is 1.00 bits per heavy atom. The van der Waals surface area contributed by atoms with Gasteiger partial charge in [0.2, 0.25) is 0 Å². The first-order valence-electron chi connectivity index (χ1n) is 8.99. The van der Waals surface area contributed by atoms with E-state index in [0.29, 0.717) is 5.56 Å². The van der Waals surface area contributed by atoms with Crippen molar-refractivity contribution in [2.24, 2.45) is 4.99 Å². The molecule has 3 rings (SSSR count). The number of fused-ring (bicyclic) bond motifs is 2. The summed E-state index contributed by atoms with van der Waals surface area (Å²) in [4.78, 5) is 21.2. The number of para-hydroxylation sites is 1. The molecule has 0 saturated carbocycles. The van der Waals surface area contributed by atoms with Gasteiger partial charge in [-0.25, -0.2) is 0 Å². The summed E-state index contributed by atoms with van der Waals surface area (Å²) >= 11 is 0. The standard InChI is InChI=1S/C20H21N3O.C2H6/c1-5-22(3)19-16-12-8-9-13-17(16)23(4)20(24)15-11-7-6-10-14(15)18(19)21-2;1-2/h6-13H,2,5H2,1,3-4H3;1-2H3/b19-18-;. The Labute approximate surface area is 156 Å². The van der Waals surface area contributed by atoms with Crippen LogP contribution in [0, 0.1) is 0 Å². The predicted molar refractivity (Wildman–Crippen MR) is 112 cm³/mol. The average molecular weight is 349 g/mol. The fourth-order valence-electron chi connectivity index (χ4n) is 3.09. The molecule has 26 heavy (non-hydrogen) atoms. The first-order valence-corrected chi connectivity index (χ1v) is 8.99. The van der Waals surface area contributed by atoms with Crippen molar-refractivity contribution >= 4 is 29.7 Å². The molecule has 0 unspecified atom stereocenters. The molecule has 0 fully saturated rings. The van der Waals surface area contributed by atoms with Gasteiger partial charge in [0.1, 0.15) is 0 Å². The van der Waals surface area contributed by atoms with E-state index in [1.165, 1.54) is 0 Å². The zero-order valence-electron chi connectivity index (χ0n) is 16.3. The van der Waals surface area contributed by atoms with Crippen LogP contribution in [0.5, 0.6) is 0 Å². The Balaban J connectivity index is 0.00000117. The topological polar surface area (TPSA) is 35.9 Å². The van der Waals surface area contributed by atoms with Crippen molar-refractivity contribution in [2.45, 2.75) is 20.8 Å². The molecule has 1 heterocycles. The van der Waals surface area contributed by atoms with Crippen LogP contribution < -0.4 is 4.90 Å². The molecule has 1 aliphatic heterocycles. The lowest BCUT2D eigenvalue weighted by molar-refractivity contribution is 0.0992. The first kappa shape index (κ1) is 19.4. The van der Waals surface area contributed by atoms with E-state index in [4.69, 9.17) is 0 Å². The molecule has 2 aromatic rings. The molecule has 4 heteroatoms. The highest BCUT2D eigenvalue weighted by Gasteiger charge is 2.28. The second kappa shape index (κ2) is 8.48. The van der Waals surface area contributed by atoms with E-state index in [0.717, 1.165) is 34.8 Å². The van der Waals surface area contributed by atoms with Crippen molar-refractivity contribution in [2.75, 3.05) is 25.5 Å². The number of benzene rings is 2. The minimum atomic E-state index is -0.0441. The monoisotopic (exact) mass is 349 g/mol. The molecule has 2 aromatic carbocycles. The van der Waals surface area contributed by atoms with Gasteiger partial charge in [-0.3, -0.25) is 9.79 Å². The molecule has 0 saturated heterocycles. The average Bonchev–Trinajstić information content (AvgIpc) is 2.71. The smallest absolute Gasteiger partial charge is 0.258 e. The summed E-state index contributed by atoms with van der Waals surface area (Å²) in [6.45, 7) is 10.7. The Morgan fingerprint density at radius 3 is 2.12 bits per heavy atom. The second-order valence-electron chi connectivity index (χ2n) is 5.80. The van der Waals surface area contributed by atoms with E-state index in [1.807, 2.05) is 76.5 Å². The Kier molecular flexibility index (Phi) is 6.34. The maximum absolute atomic E-state index is 13.0. The van der Waals surface area contributed by atoms with Crippen molar-refractivity contribution in [3.63, 3.8) is 0 Å². The van der Waals surface area contributed by atoms with Crippen LogP contribution in [0.2, 0.25) is 0 Å². The molecule has 0 radical (unpaired) electrons. The van der Waals surface area contributed by atoms with Crippen LogP contribution in [0.1, 0.15) is 42.3 Å². The number of aliphatic imine (C=N–C) groups is 1. The van der Waals surface area contributed by atoms with Crippen LogP contribution in [-0.2, 0) is 0 Å². The lowest BCUT2D eigenvalue weighted by atomic mass is 9.95. The fourth-order valence-corrected chi connectivity index (χ4v) is 3.09. The summed E-state index contributed by atoms with van der Waals surface area (Å²) in [6, 6.07) is 15.5. The van der Waals surface area contributed by atoms with Crippen LogP contribution in [0.15, 0.2) is 53.5 Å². The summed E-state index contributed by atoms with van der Waals surface area (Å²) < 4.78 is 0. The molecule has 4 nitrogen and oxygen atoms in total. The quantitative estimate of drug-likeness (QED) is 0.748. The van der Waals surface area contributed by atoms with Gasteiger partial charge in [0.15, 0.2) is 0 Å². The summed E-state index contributed by atoms with van der Waals surface area (Å²) in [5, 5.41) is 0. The van der Waals surface area contributed by atoms with Crippen molar-refractivity contribution in [3.05, 3.63) is 65.2 Å². The number of hydrogen-bond acceptors (Lipinski definition) is 3. The number of anilines is 1. The van der Waals surface area contributed by atoms with Gasteiger partial charge < -0.3 is 9.80 Å². The molecule has 136 valence electrons. The number of carbonyl (C=O) groups is 1. The minimum Gasteiger partial charge on any atom is -0.373 e. The molecule has 0 atom stereocenters. The molecule has 0 spiro atoms. The number of rotatable bonds is 3. The van der Waals surface area contributed by atoms with Gasteiger partial charge >= 0.3 is 0 Å². The van der Waals surface area contributed by atoms with Crippen molar-refractivity contribution in [1.29, 1.82) is 0 Å². The first-order chi connectivity index (χ1) is 12.6. The Bertz CT molecular complexity index is 839. The van der Waals surface area contributed by atoms with Gasteiger partial charge in [-0.2, -0.15) is 0 Å². The Hall–Kier alpha value is -2.88. The minimum absolute atomic E-state index is 0.0441. The fraction of sp³-hybridized carbons (Fsp3) is 0.273. The van der Waals surface area contributed by atoms with E-state index >= 15 is 0 Å². The Morgan fingerprint density at radius 2 is 1.54 bits per heavy atom. The van der Waals surface area contributed by atoms with Crippen molar-refractivity contribution in [3.8, 4) is 0 Å². The lowest BCUT2D eigenvalue weighted by Crippen LogP contribution is -2.30. The van der Waals surface area contributed by atoms with Crippen molar-refractivity contribution < 1.29 is 4.79 Å². The third-order valence-electron chi connectivity index (χ3n) is 4.48. The lowest BCUT2D eigenvalue weighted by Gasteiger charge is -2.31. The zero-order valence-corrected chi connectivity index (χ0v) is 16.3. The van der Waals surface area contributed by atoms with Crippen LogP contribution in [0.3, 0.4) is 0 Å². The third-order valence-corrected chi connectivity index (χ3v) is 4.48. The number of amides is 1. The van der Waals surface area contributed by atoms with E-state index in [1.54, 1.807) is 4.90 Å². The highest BCUT2D eigenvalue weighted by atomic mass is 16.2. The largest absolute Gasteiger partial charge is 0.373 e. The van der Waals surface area contributed by atoms with Gasteiger partial charge in [0, 0.05) is 37.3 Å². The van der Waals surface area contributed by atoms with Crippen molar-refractivity contribution in [1.82, 2.24) is 4.90 Å². The highest BCUT2D eigenvalue weighted by molar-refractivity contribution is 6.13. The summed E-state index contributed by atoms with van der Waals surface area (Å²) in [6.07, 6.45) is 0. The summed E-state index contributed by atoms with van der Waals surface area (Å²) in [7, 11) is 3.84. The van der Waals surface area contributed by atoms with E-state index in [2.05, 4.69) is 23.5 Å². The van der Waals surface area contributed by atoms with Gasteiger partial charge in [0.05, 0.1) is 17.1 Å². The maximum Gasteiger partial charge on any atom is 0.258 e. The number of carbonyl (C=O) groups excluding carboxylic acids is 1. The summed E-state index contributed by atoms with van der Waals surface area (Å²) in [5.41, 5.74) is 5.02. The maximum atomic E-state index is 13.0. The second-order valence-corrected chi connectivity index (χ2v) is 5.80. The van der Waals surface area contributed by atoms with Gasteiger partial charge in [-0.1, -0.05) is 50.2 Å². The van der Waals surface area contributed by atoms with E-state index in [-0.39, 0.29) is 5.91 Å². The zero-order chi connectivity index (χ0) is 19.3. The molecule has 1 amide bonds. The molecular weight excluding hydrogens is 322 g/mol. The van der Waals surface area contributed by atoms with Crippen LogP contribution >= 0.6 is 0 Å². The number of nitrogens with zero attached hydrogens (tertiary/aromatic N) is 3. The molecule has 0 N–H and O–H groups in total. The molecular formula is C22H27N3O. The predicted octanol–water partition coefficient (Wildman–Crippen LogP) is 4.78. The molecule has 0 bridgehead atoms. The normalized spacial score (nSPS) is 15.7. The van der Waals surface area contributed by atoms with Gasteiger partial charge in [-0.15, -0.1) is 0 Å². The van der Waals surface area contributed by atoms with Crippen LogP contribution in [0.25, 0.3) is 11.4 Å². The van der Waals surface area contributed by atoms with Gasteiger partial charge in [0.25, 0.3) is 5.91 Å². The third kappa shape index (κ3) is 3.27. The SMILES string of the molecule is C=N/C1=C(\N(C)CC)c2ccccc2N(C)C(=O)c2ccccc21.CC. The van der Waals surface area contributed by atoms with Crippen LogP contribution in [0.4, 0.5) is 5.69 Å². The van der Waals surface area contributed by atoms with Crippen LogP contribution in [-0.4, -0.2) is 38.2 Å². The highest BCUT2D eigenvalue weighted by Crippen LogP contribution is 2.38. The molecule has 1 aliphatic rings. The van der Waals surface area contributed by atoms with E-state index in [9.17, 15) is 4.79 Å². The number of hydrogen-bond donors (Lipinski definition) is 0. The van der Waals surface area contributed by atoms with E-state index < -0.39 is 0 Å². The molecule has 0 aromatic heterocycles. The summed E-state index contributed by atoms with van der Waals surface area (Å²) in [5.74, 6) is -0.0441.